The minimum Gasteiger partial charge on any atom is -0.497 e. The van der Waals surface area contributed by atoms with Gasteiger partial charge in [-0.3, -0.25) is 0 Å². The van der Waals surface area contributed by atoms with Gasteiger partial charge in [0.1, 0.15) is 43.4 Å². The maximum absolute atomic E-state index is 13.4. The van der Waals surface area contributed by atoms with Crippen LogP contribution in [0.15, 0.2) is 89.4 Å². The predicted octanol–water partition coefficient (Wildman–Crippen LogP) is 6.45. The SMILES string of the molecule is C=C(C)C(=O)OCCOC(=O)c1ccccc1-c1c2ccc(=[N+](CC)CC)cc-2oc2c1ccc1cc(OC)ccc12. The van der Waals surface area contributed by atoms with E-state index in [1.54, 1.807) is 26.2 Å². The van der Waals surface area contributed by atoms with Crippen molar-refractivity contribution in [3.05, 3.63) is 95.9 Å². The Bertz CT molecular complexity index is 1860. The van der Waals surface area contributed by atoms with Crippen molar-refractivity contribution in [2.45, 2.75) is 20.8 Å². The molecule has 0 saturated heterocycles. The van der Waals surface area contributed by atoms with Crippen LogP contribution in [0.1, 0.15) is 31.1 Å². The number of carbonyl (C=O) groups is 2. The van der Waals surface area contributed by atoms with Crippen LogP contribution < -0.4 is 14.7 Å². The van der Waals surface area contributed by atoms with E-state index in [9.17, 15) is 9.59 Å². The van der Waals surface area contributed by atoms with Crippen molar-refractivity contribution >= 4 is 33.7 Å². The Balaban J connectivity index is 1.71. The maximum Gasteiger partial charge on any atom is 0.338 e. The van der Waals surface area contributed by atoms with Crippen LogP contribution in [-0.2, 0) is 14.3 Å². The third-order valence-electron chi connectivity index (χ3n) is 7.34. The molecule has 0 atom stereocenters. The molecule has 0 N–H and O–H groups in total. The van der Waals surface area contributed by atoms with Crippen molar-refractivity contribution in [2.75, 3.05) is 33.4 Å². The molecule has 1 aliphatic heterocycles. The summed E-state index contributed by atoms with van der Waals surface area (Å²) in [6, 6.07) is 23.5. The molecule has 5 rings (SSSR count). The molecule has 0 saturated carbocycles. The van der Waals surface area contributed by atoms with Crippen LogP contribution in [0.25, 0.3) is 44.2 Å². The topological polar surface area (TPSA) is 78.0 Å². The van der Waals surface area contributed by atoms with Gasteiger partial charge < -0.3 is 18.6 Å². The standard InChI is InChI=1S/C35H34NO6/c1-6-36(7-2)24-13-16-29-31(21-24)42-33-26-17-14-25(39-5)20-23(26)12-15-30(33)32(29)27-10-8-9-11-28(27)35(38)41-19-18-40-34(37)22(3)4/h8-17,20-21H,3,6-7,18-19H2,1-2,4-5H3/q+1. The Morgan fingerprint density at radius 1 is 0.857 bits per heavy atom. The number of hydrogen-bond donors (Lipinski definition) is 0. The summed E-state index contributed by atoms with van der Waals surface area (Å²) >= 11 is 0. The van der Waals surface area contributed by atoms with E-state index in [0.29, 0.717) is 16.9 Å². The molecule has 7 heteroatoms. The summed E-state index contributed by atoms with van der Waals surface area (Å²) in [7, 11) is 1.65. The molecule has 0 radical (unpaired) electrons. The molecule has 1 aliphatic carbocycles. The Kier molecular flexibility index (Phi) is 8.38. The molecule has 0 fully saturated rings. The lowest BCUT2D eigenvalue weighted by atomic mass is 9.90. The van der Waals surface area contributed by atoms with Crippen LogP contribution in [0.4, 0.5) is 0 Å². The summed E-state index contributed by atoms with van der Waals surface area (Å²) in [6.07, 6.45) is 0. The number of benzene rings is 4. The fraction of sp³-hybridized carbons (Fsp3) is 0.229. The number of esters is 2. The smallest absolute Gasteiger partial charge is 0.338 e. The summed E-state index contributed by atoms with van der Waals surface area (Å²) < 4.78 is 25.0. The highest BCUT2D eigenvalue weighted by Gasteiger charge is 2.24. The summed E-state index contributed by atoms with van der Waals surface area (Å²) in [5, 5.41) is 3.84. The normalized spacial score (nSPS) is 11.0. The lowest BCUT2D eigenvalue weighted by molar-refractivity contribution is -0.140. The Hall–Kier alpha value is -4.91. The van der Waals surface area contributed by atoms with Gasteiger partial charge in [-0.2, -0.15) is 0 Å². The van der Waals surface area contributed by atoms with Gasteiger partial charge in [-0.25, -0.2) is 14.2 Å². The highest BCUT2D eigenvalue weighted by Crippen LogP contribution is 2.43. The zero-order valence-corrected chi connectivity index (χ0v) is 24.4. The minimum atomic E-state index is -0.522. The van der Waals surface area contributed by atoms with Gasteiger partial charge in [0.15, 0.2) is 0 Å². The Morgan fingerprint density at radius 3 is 2.33 bits per heavy atom. The lowest BCUT2D eigenvalue weighted by Gasteiger charge is -2.18. The highest BCUT2D eigenvalue weighted by atomic mass is 16.6. The first-order valence-corrected chi connectivity index (χ1v) is 14.0. The molecule has 2 aliphatic rings. The van der Waals surface area contributed by atoms with E-state index >= 15 is 0 Å². The molecule has 0 bridgehead atoms. The summed E-state index contributed by atoms with van der Waals surface area (Å²) in [4.78, 5) is 25.1. The van der Waals surface area contributed by atoms with Crippen LogP contribution in [-0.4, -0.2) is 45.4 Å². The molecule has 1 heterocycles. The second-order valence-electron chi connectivity index (χ2n) is 9.96. The minimum absolute atomic E-state index is 0.0563. The number of nitrogens with zero attached hydrogens (tertiary/aromatic N) is 1. The second-order valence-corrected chi connectivity index (χ2v) is 9.96. The van der Waals surface area contributed by atoms with E-state index in [1.807, 2.05) is 42.5 Å². The van der Waals surface area contributed by atoms with Gasteiger partial charge in [-0.05, 0) is 68.1 Å². The van der Waals surface area contributed by atoms with E-state index < -0.39 is 11.9 Å². The monoisotopic (exact) mass is 564 g/mol. The molecular weight excluding hydrogens is 530 g/mol. The van der Waals surface area contributed by atoms with Crippen molar-refractivity contribution < 1.29 is 28.2 Å². The van der Waals surface area contributed by atoms with E-state index in [1.165, 1.54) is 0 Å². The van der Waals surface area contributed by atoms with Crippen molar-refractivity contribution in [1.29, 1.82) is 0 Å². The van der Waals surface area contributed by atoms with Crippen LogP contribution >= 0.6 is 0 Å². The molecule has 3 aromatic rings. The van der Waals surface area contributed by atoms with Crippen molar-refractivity contribution in [2.24, 2.45) is 0 Å². The second kappa shape index (κ2) is 12.3. The number of ether oxygens (including phenoxy) is 3. The van der Waals surface area contributed by atoms with Gasteiger partial charge >= 0.3 is 11.9 Å². The molecule has 7 nitrogen and oxygen atoms in total. The Morgan fingerprint density at radius 2 is 1.60 bits per heavy atom. The van der Waals surface area contributed by atoms with E-state index in [4.69, 9.17) is 18.6 Å². The van der Waals surface area contributed by atoms with E-state index in [0.717, 1.165) is 57.0 Å². The van der Waals surface area contributed by atoms with Gasteiger partial charge in [0.25, 0.3) is 0 Å². The van der Waals surface area contributed by atoms with E-state index in [2.05, 4.69) is 43.2 Å². The van der Waals surface area contributed by atoms with Crippen LogP contribution in [0, 0.1) is 0 Å². The highest BCUT2D eigenvalue weighted by molar-refractivity contribution is 6.14. The zero-order chi connectivity index (χ0) is 29.8. The summed E-state index contributed by atoms with van der Waals surface area (Å²) in [6.45, 7) is 11.0. The maximum atomic E-state index is 13.4. The van der Waals surface area contributed by atoms with Gasteiger partial charge in [-0.15, -0.1) is 0 Å². The molecule has 42 heavy (non-hydrogen) atoms. The van der Waals surface area contributed by atoms with Crippen molar-refractivity contribution in [1.82, 2.24) is 4.58 Å². The molecule has 0 aromatic heterocycles. The average Bonchev–Trinajstić information content (AvgIpc) is 3.01. The predicted molar refractivity (Wildman–Crippen MR) is 165 cm³/mol. The Labute approximate surface area is 244 Å². The zero-order valence-electron chi connectivity index (χ0n) is 24.4. The lowest BCUT2D eigenvalue weighted by Crippen LogP contribution is -2.29. The van der Waals surface area contributed by atoms with Crippen molar-refractivity contribution in [3.63, 3.8) is 0 Å². The van der Waals surface area contributed by atoms with Gasteiger partial charge in [0.05, 0.1) is 18.7 Å². The van der Waals surface area contributed by atoms with Gasteiger partial charge in [0.2, 0.25) is 5.36 Å². The fourth-order valence-corrected chi connectivity index (χ4v) is 5.19. The molecular formula is C35H34NO6+. The fourth-order valence-electron chi connectivity index (χ4n) is 5.19. The number of carbonyl (C=O) groups excluding carboxylic acids is 2. The first kappa shape index (κ1) is 28.6. The summed E-state index contributed by atoms with van der Waals surface area (Å²) in [5.74, 6) is 0.435. The third kappa shape index (κ3) is 5.50. The van der Waals surface area contributed by atoms with Crippen molar-refractivity contribution in [3.8, 4) is 28.2 Å². The van der Waals surface area contributed by atoms with Gasteiger partial charge in [-0.1, -0.05) is 30.8 Å². The summed E-state index contributed by atoms with van der Waals surface area (Å²) in [5.41, 5.74) is 3.87. The first-order chi connectivity index (χ1) is 20.4. The number of fused-ring (bicyclic) bond motifs is 4. The molecule has 3 aromatic carbocycles. The molecule has 0 spiro atoms. The van der Waals surface area contributed by atoms with E-state index in [-0.39, 0.29) is 18.8 Å². The molecule has 214 valence electrons. The molecule has 0 unspecified atom stereocenters. The molecule has 0 amide bonds. The number of hydrogen-bond acceptors (Lipinski definition) is 6. The average molecular weight is 565 g/mol. The van der Waals surface area contributed by atoms with Crippen LogP contribution in [0.3, 0.4) is 0 Å². The van der Waals surface area contributed by atoms with Crippen LogP contribution in [0.5, 0.6) is 5.75 Å². The number of methoxy groups -OCH3 is 1. The van der Waals surface area contributed by atoms with Gasteiger partial charge in [0, 0.05) is 33.5 Å². The third-order valence-corrected chi connectivity index (χ3v) is 7.34. The number of rotatable bonds is 9. The largest absolute Gasteiger partial charge is 0.497 e. The first-order valence-electron chi connectivity index (χ1n) is 14.0. The quantitative estimate of drug-likeness (QED) is 0.0511. The van der Waals surface area contributed by atoms with Crippen LogP contribution in [0.2, 0.25) is 0 Å².